The first-order valence-corrected chi connectivity index (χ1v) is 18.3. The van der Waals surface area contributed by atoms with Gasteiger partial charge in [-0.3, -0.25) is 10.1 Å². The first-order valence-electron chi connectivity index (χ1n) is 16.7. The van der Waals surface area contributed by atoms with Crippen LogP contribution >= 0.6 is 0 Å². The van der Waals surface area contributed by atoms with Gasteiger partial charge in [0.2, 0.25) is 0 Å². The van der Waals surface area contributed by atoms with Gasteiger partial charge in [0.1, 0.15) is 5.60 Å². The Balaban J connectivity index is 1.25. The molecule has 1 unspecified atom stereocenters. The summed E-state index contributed by atoms with van der Waals surface area (Å²) in [5.74, 6) is -1.38. The van der Waals surface area contributed by atoms with Gasteiger partial charge in [-0.25, -0.2) is 27.8 Å². The minimum Gasteiger partial charge on any atom is -0.479 e. The van der Waals surface area contributed by atoms with Gasteiger partial charge in [-0.2, -0.15) is 0 Å². The minimum atomic E-state index is -3.62. The number of benzene rings is 3. The van der Waals surface area contributed by atoms with E-state index in [-0.39, 0.29) is 29.5 Å². The van der Waals surface area contributed by atoms with E-state index in [9.17, 15) is 32.7 Å². The van der Waals surface area contributed by atoms with Gasteiger partial charge in [0.15, 0.2) is 15.9 Å². The number of aromatic nitrogens is 2. The summed E-state index contributed by atoms with van der Waals surface area (Å²) in [6.45, 7) is 8.84. The third-order valence-electron chi connectivity index (χ3n) is 8.51. The fourth-order valence-electron chi connectivity index (χ4n) is 5.76. The first-order chi connectivity index (χ1) is 24.4. The second-order valence-corrected chi connectivity index (χ2v) is 16.2. The highest BCUT2D eigenvalue weighted by Gasteiger charge is 2.38. The standard InChI is InChI=1S/C37H43N5O9S/c1-21-15-23(32(34(44)45)40-26-8-13-30-29(17-26)33(43)39-20-38-30)7-12-28(21)22(2)19-50-35(46)41-25-9-14-31(52(48,49)27-10-11-27)24(16-25)18-42(6)36(47)51-37(3,4)5/h7-9,12-17,20,22,27,32,40H,10-11,18-19H2,1-6H3,(H,41,46)(H,44,45)(H,38,39,43)/t22-,32?/m0/s1. The van der Waals surface area contributed by atoms with Gasteiger partial charge >= 0.3 is 18.2 Å². The largest absolute Gasteiger partial charge is 0.479 e. The van der Waals surface area contributed by atoms with E-state index in [2.05, 4.69) is 20.6 Å². The number of rotatable bonds is 12. The van der Waals surface area contributed by atoms with E-state index >= 15 is 0 Å². The Morgan fingerprint density at radius 2 is 1.77 bits per heavy atom. The van der Waals surface area contributed by atoms with Crippen LogP contribution in [0.1, 0.15) is 74.8 Å². The van der Waals surface area contributed by atoms with Gasteiger partial charge < -0.3 is 29.8 Å². The Hall–Kier alpha value is -5.44. The van der Waals surface area contributed by atoms with Gasteiger partial charge in [-0.05, 0) is 99.2 Å². The molecule has 2 atom stereocenters. The lowest BCUT2D eigenvalue weighted by Crippen LogP contribution is -2.34. The molecule has 0 aliphatic heterocycles. The van der Waals surface area contributed by atoms with E-state index in [1.807, 2.05) is 13.8 Å². The van der Waals surface area contributed by atoms with E-state index < -0.39 is 44.9 Å². The molecule has 1 heterocycles. The van der Waals surface area contributed by atoms with Crippen molar-refractivity contribution in [1.29, 1.82) is 0 Å². The van der Waals surface area contributed by atoms with Crippen LogP contribution in [0.3, 0.4) is 0 Å². The van der Waals surface area contributed by atoms with Crippen molar-refractivity contribution < 1.29 is 37.4 Å². The van der Waals surface area contributed by atoms with Crippen LogP contribution in [-0.4, -0.2) is 71.1 Å². The summed E-state index contributed by atoms with van der Waals surface area (Å²) in [5, 5.41) is 15.5. The maximum atomic E-state index is 13.2. The Bertz CT molecular complexity index is 2170. The number of aromatic amines is 1. The molecule has 15 heteroatoms. The number of amides is 2. The molecule has 276 valence electrons. The maximum Gasteiger partial charge on any atom is 0.411 e. The summed E-state index contributed by atoms with van der Waals surface area (Å²) in [4.78, 5) is 58.0. The maximum absolute atomic E-state index is 13.2. The number of hydrogen-bond acceptors (Lipinski definition) is 10. The average molecular weight is 734 g/mol. The van der Waals surface area contributed by atoms with Crippen molar-refractivity contribution in [2.24, 2.45) is 0 Å². The molecule has 1 aliphatic rings. The Morgan fingerprint density at radius 1 is 1.06 bits per heavy atom. The molecule has 1 aromatic heterocycles. The number of carbonyl (C=O) groups is 3. The Morgan fingerprint density at radius 3 is 2.42 bits per heavy atom. The molecule has 3 aromatic carbocycles. The van der Waals surface area contributed by atoms with Crippen LogP contribution in [0.2, 0.25) is 0 Å². The third kappa shape index (κ3) is 9.07. The van der Waals surface area contributed by atoms with Crippen molar-refractivity contribution in [1.82, 2.24) is 14.9 Å². The summed E-state index contributed by atoms with van der Waals surface area (Å²) >= 11 is 0. The quantitative estimate of drug-likeness (QED) is 0.131. The number of aliphatic carboxylic acids is 1. The first kappa shape index (κ1) is 37.8. The molecule has 1 aliphatic carbocycles. The molecule has 0 radical (unpaired) electrons. The van der Waals surface area contributed by atoms with Gasteiger partial charge in [0.05, 0.1) is 40.5 Å². The highest BCUT2D eigenvalue weighted by atomic mass is 32.2. The SMILES string of the molecule is Cc1cc(C(Nc2ccc3nc[nH]c(=O)c3c2)C(=O)O)ccc1[C@@H](C)COC(=O)Nc1ccc(S(=O)(=O)C2CC2)c(CN(C)C(=O)OC(C)(C)C)c1. The molecule has 1 saturated carbocycles. The van der Waals surface area contributed by atoms with Crippen molar-refractivity contribution in [2.75, 3.05) is 24.3 Å². The van der Waals surface area contributed by atoms with Crippen LogP contribution in [0.4, 0.5) is 21.0 Å². The van der Waals surface area contributed by atoms with Crippen LogP contribution in [0.15, 0.2) is 70.6 Å². The van der Waals surface area contributed by atoms with Gasteiger partial charge in [-0.1, -0.05) is 25.1 Å². The number of sulfone groups is 1. The van der Waals surface area contributed by atoms with Crippen molar-refractivity contribution in [3.05, 3.63) is 93.5 Å². The molecule has 0 bridgehead atoms. The zero-order chi connectivity index (χ0) is 38.0. The number of ether oxygens (including phenoxy) is 2. The Kier molecular flexibility index (Phi) is 10.9. The third-order valence-corrected chi connectivity index (χ3v) is 10.9. The lowest BCUT2D eigenvalue weighted by Gasteiger charge is -2.25. The zero-order valence-electron chi connectivity index (χ0n) is 29.8. The number of carboxylic acids is 1. The molecule has 1 fully saturated rings. The molecule has 0 saturated heterocycles. The van der Waals surface area contributed by atoms with Crippen LogP contribution < -0.4 is 16.2 Å². The predicted molar refractivity (Wildman–Crippen MR) is 195 cm³/mol. The number of anilines is 2. The fourth-order valence-corrected chi connectivity index (χ4v) is 7.63. The predicted octanol–water partition coefficient (Wildman–Crippen LogP) is 6.12. The lowest BCUT2D eigenvalue weighted by atomic mass is 9.93. The monoisotopic (exact) mass is 733 g/mol. The number of nitrogens with one attached hydrogen (secondary N) is 3. The molecule has 5 rings (SSSR count). The van der Waals surface area contributed by atoms with Crippen molar-refractivity contribution in [3.63, 3.8) is 0 Å². The van der Waals surface area contributed by atoms with E-state index in [0.29, 0.717) is 46.2 Å². The molecular formula is C37H43N5O9S. The zero-order valence-corrected chi connectivity index (χ0v) is 30.7. The number of carbonyl (C=O) groups excluding carboxylic acids is 2. The van der Waals surface area contributed by atoms with Gasteiger partial charge in [0, 0.05) is 24.3 Å². The molecule has 52 heavy (non-hydrogen) atoms. The van der Waals surface area contributed by atoms with E-state index in [0.717, 1.165) is 11.1 Å². The molecule has 2 amide bonds. The second-order valence-electron chi connectivity index (χ2n) is 14.0. The van der Waals surface area contributed by atoms with Crippen molar-refractivity contribution >= 4 is 50.3 Å². The van der Waals surface area contributed by atoms with Crippen LogP contribution in [-0.2, 0) is 30.7 Å². The van der Waals surface area contributed by atoms with E-state index in [4.69, 9.17) is 9.47 Å². The summed E-state index contributed by atoms with van der Waals surface area (Å²) in [6.07, 6.45) is 1.06. The summed E-state index contributed by atoms with van der Waals surface area (Å²) in [5.41, 5.74) is 2.58. The number of aryl methyl sites for hydroxylation is 1. The molecule has 14 nitrogen and oxygen atoms in total. The normalized spacial score (nSPS) is 14.3. The van der Waals surface area contributed by atoms with Crippen LogP contribution in [0.5, 0.6) is 0 Å². The second kappa shape index (κ2) is 15.0. The number of nitrogens with zero attached hydrogens (tertiary/aromatic N) is 2. The number of carboxylic acid groups (broad SMARTS) is 1. The fraction of sp³-hybridized carbons (Fsp3) is 0.378. The van der Waals surface area contributed by atoms with Crippen molar-refractivity contribution in [3.8, 4) is 0 Å². The molecule has 0 spiro atoms. The smallest absolute Gasteiger partial charge is 0.411 e. The van der Waals surface area contributed by atoms with Gasteiger partial charge in [-0.15, -0.1) is 0 Å². The Labute approximate surface area is 301 Å². The topological polar surface area (TPSA) is 197 Å². The minimum absolute atomic E-state index is 0.00528. The number of H-pyrrole nitrogens is 1. The highest BCUT2D eigenvalue weighted by molar-refractivity contribution is 7.92. The van der Waals surface area contributed by atoms with E-state index in [1.54, 1.807) is 57.2 Å². The highest BCUT2D eigenvalue weighted by Crippen LogP contribution is 2.36. The van der Waals surface area contributed by atoms with E-state index in [1.165, 1.54) is 36.5 Å². The van der Waals surface area contributed by atoms with Gasteiger partial charge in [0.25, 0.3) is 5.56 Å². The number of fused-ring (bicyclic) bond motifs is 1. The molecule has 4 N–H and O–H groups in total. The lowest BCUT2D eigenvalue weighted by molar-refractivity contribution is -0.138. The number of hydrogen-bond donors (Lipinski definition) is 4. The summed E-state index contributed by atoms with van der Waals surface area (Å²) < 4.78 is 37.4. The molecular weight excluding hydrogens is 690 g/mol. The average Bonchev–Trinajstić information content (AvgIpc) is 3.92. The van der Waals surface area contributed by atoms with Crippen LogP contribution in [0, 0.1) is 6.92 Å². The van der Waals surface area contributed by atoms with Crippen molar-refractivity contribution in [2.45, 2.75) is 81.7 Å². The van der Waals surface area contributed by atoms with Crippen LogP contribution in [0.25, 0.3) is 10.9 Å². The summed E-state index contributed by atoms with van der Waals surface area (Å²) in [7, 11) is -2.11. The summed E-state index contributed by atoms with van der Waals surface area (Å²) in [6, 6.07) is 13.4. The molecule has 4 aromatic rings.